The van der Waals surface area contributed by atoms with Crippen molar-refractivity contribution < 1.29 is 9.84 Å². The fraction of sp³-hybridized carbons (Fsp3) is 0.923. The van der Waals surface area contributed by atoms with Crippen LogP contribution in [0.2, 0.25) is 0 Å². The third-order valence-electron chi connectivity index (χ3n) is 9.79. The Kier molecular flexibility index (Phi) is 5.77. The van der Waals surface area contributed by atoms with Crippen molar-refractivity contribution in [1.29, 1.82) is 0 Å². The van der Waals surface area contributed by atoms with Crippen LogP contribution in [0.4, 0.5) is 0 Å². The van der Waals surface area contributed by atoms with Gasteiger partial charge in [-0.05, 0) is 105 Å². The zero-order valence-electron chi connectivity index (χ0n) is 19.0. The lowest BCUT2D eigenvalue weighted by Gasteiger charge is -2.58. The van der Waals surface area contributed by atoms with E-state index in [9.17, 15) is 5.11 Å². The SMILES string of the molecule is CC(C)CCOC(C)[C@H]1CC[C@H]2[C@@H]3CC=C4C[C@@H](O)CC[C@]4(C)[C@H]3CC[C@]12C. The van der Waals surface area contributed by atoms with E-state index in [0.29, 0.717) is 16.9 Å². The molecule has 0 radical (unpaired) electrons. The highest BCUT2D eigenvalue weighted by Crippen LogP contribution is 2.66. The van der Waals surface area contributed by atoms with Crippen LogP contribution in [0, 0.1) is 40.4 Å². The van der Waals surface area contributed by atoms with E-state index in [-0.39, 0.29) is 6.10 Å². The maximum absolute atomic E-state index is 10.2. The summed E-state index contributed by atoms with van der Waals surface area (Å²) >= 11 is 0. The highest BCUT2D eigenvalue weighted by Gasteiger charge is 2.59. The molecule has 4 aliphatic carbocycles. The number of hydrogen-bond donors (Lipinski definition) is 1. The summed E-state index contributed by atoms with van der Waals surface area (Å²) in [5.41, 5.74) is 2.42. The molecule has 0 aromatic rings. The average molecular weight is 389 g/mol. The molecule has 1 N–H and O–H groups in total. The number of allylic oxidation sites excluding steroid dienone is 1. The molecule has 160 valence electrons. The van der Waals surface area contributed by atoms with Gasteiger partial charge in [0.15, 0.2) is 0 Å². The van der Waals surface area contributed by atoms with Crippen LogP contribution in [-0.2, 0) is 4.74 Å². The topological polar surface area (TPSA) is 29.5 Å². The lowest BCUT2D eigenvalue weighted by Crippen LogP contribution is -2.51. The molecular formula is C26H44O2. The first-order chi connectivity index (χ1) is 13.3. The van der Waals surface area contributed by atoms with Crippen LogP contribution >= 0.6 is 0 Å². The largest absolute Gasteiger partial charge is 0.393 e. The van der Waals surface area contributed by atoms with Gasteiger partial charge >= 0.3 is 0 Å². The average Bonchev–Trinajstić information content (AvgIpc) is 2.99. The van der Waals surface area contributed by atoms with Crippen LogP contribution in [0.25, 0.3) is 0 Å². The Labute approximate surface area is 173 Å². The monoisotopic (exact) mass is 388 g/mol. The van der Waals surface area contributed by atoms with Gasteiger partial charge in [-0.2, -0.15) is 0 Å². The van der Waals surface area contributed by atoms with Gasteiger partial charge in [-0.15, -0.1) is 0 Å². The molecule has 0 bridgehead atoms. The van der Waals surface area contributed by atoms with E-state index in [2.05, 4.69) is 40.7 Å². The van der Waals surface area contributed by atoms with Crippen molar-refractivity contribution in [3.8, 4) is 0 Å². The first-order valence-electron chi connectivity index (χ1n) is 12.2. The zero-order valence-corrected chi connectivity index (χ0v) is 19.0. The van der Waals surface area contributed by atoms with Crippen LogP contribution in [0.1, 0.15) is 92.4 Å². The molecule has 0 saturated heterocycles. The third kappa shape index (κ3) is 3.41. The molecule has 0 heterocycles. The predicted molar refractivity (Wildman–Crippen MR) is 116 cm³/mol. The molecule has 0 aromatic heterocycles. The van der Waals surface area contributed by atoms with Gasteiger partial charge in [0, 0.05) is 6.61 Å². The summed E-state index contributed by atoms with van der Waals surface area (Å²) < 4.78 is 6.36. The van der Waals surface area contributed by atoms with Gasteiger partial charge in [0.1, 0.15) is 0 Å². The van der Waals surface area contributed by atoms with E-state index in [4.69, 9.17) is 4.74 Å². The minimum atomic E-state index is -0.0931. The van der Waals surface area contributed by atoms with Crippen molar-refractivity contribution in [2.24, 2.45) is 40.4 Å². The second kappa shape index (κ2) is 7.73. The third-order valence-corrected chi connectivity index (χ3v) is 9.79. The lowest BCUT2D eigenvalue weighted by atomic mass is 9.47. The molecule has 2 nitrogen and oxygen atoms in total. The summed E-state index contributed by atoms with van der Waals surface area (Å²) in [6.45, 7) is 13.0. The zero-order chi connectivity index (χ0) is 20.1. The maximum atomic E-state index is 10.2. The van der Waals surface area contributed by atoms with E-state index in [1.54, 1.807) is 5.57 Å². The van der Waals surface area contributed by atoms with Crippen molar-refractivity contribution in [2.75, 3.05) is 6.61 Å². The number of aliphatic hydroxyl groups is 1. The Bertz CT molecular complexity index is 595. The van der Waals surface area contributed by atoms with E-state index in [1.165, 1.54) is 44.9 Å². The van der Waals surface area contributed by atoms with Crippen molar-refractivity contribution >= 4 is 0 Å². The first-order valence-corrected chi connectivity index (χ1v) is 12.2. The normalized spacial score (nSPS) is 46.5. The van der Waals surface area contributed by atoms with Crippen LogP contribution in [-0.4, -0.2) is 23.9 Å². The summed E-state index contributed by atoms with van der Waals surface area (Å²) in [5.74, 6) is 4.03. The number of hydrogen-bond acceptors (Lipinski definition) is 2. The van der Waals surface area contributed by atoms with Crippen LogP contribution in [0.5, 0.6) is 0 Å². The van der Waals surface area contributed by atoms with E-state index >= 15 is 0 Å². The highest BCUT2D eigenvalue weighted by molar-refractivity contribution is 5.25. The molecule has 3 fully saturated rings. The number of fused-ring (bicyclic) bond motifs is 5. The Hall–Kier alpha value is -0.340. The van der Waals surface area contributed by atoms with Crippen molar-refractivity contribution in [1.82, 2.24) is 0 Å². The second-order valence-electron chi connectivity index (χ2n) is 11.6. The molecule has 3 saturated carbocycles. The molecule has 0 amide bonds. The molecule has 4 rings (SSSR count). The molecule has 28 heavy (non-hydrogen) atoms. The fourth-order valence-electron chi connectivity index (χ4n) is 8.06. The van der Waals surface area contributed by atoms with Gasteiger partial charge in [-0.3, -0.25) is 0 Å². The summed E-state index contributed by atoms with van der Waals surface area (Å²) in [5, 5.41) is 10.2. The molecule has 0 aliphatic heterocycles. The van der Waals surface area contributed by atoms with Crippen molar-refractivity contribution in [3.63, 3.8) is 0 Å². The minimum absolute atomic E-state index is 0.0931. The Morgan fingerprint density at radius 1 is 1.07 bits per heavy atom. The summed E-state index contributed by atoms with van der Waals surface area (Å²) in [4.78, 5) is 0. The summed E-state index contributed by atoms with van der Waals surface area (Å²) in [6, 6.07) is 0. The minimum Gasteiger partial charge on any atom is -0.393 e. The van der Waals surface area contributed by atoms with Gasteiger partial charge in [0.25, 0.3) is 0 Å². The number of rotatable bonds is 5. The maximum Gasteiger partial charge on any atom is 0.0580 e. The van der Waals surface area contributed by atoms with E-state index in [0.717, 1.165) is 49.0 Å². The van der Waals surface area contributed by atoms with Crippen LogP contribution in [0.3, 0.4) is 0 Å². The smallest absolute Gasteiger partial charge is 0.0580 e. The van der Waals surface area contributed by atoms with E-state index < -0.39 is 0 Å². The quantitative estimate of drug-likeness (QED) is 0.554. The highest BCUT2D eigenvalue weighted by atomic mass is 16.5. The van der Waals surface area contributed by atoms with Crippen LogP contribution < -0.4 is 0 Å². The molecule has 4 aliphatic rings. The standard InChI is InChI=1S/C26H44O2/c1-17(2)12-15-28-18(3)22-8-9-23-21-7-6-19-16-20(27)10-13-25(19,4)24(21)11-14-26(22,23)5/h6,17-18,20-24,27H,7-16H2,1-5H3/t18?,20-,21-,22+,23-,24-,25-,26+/m0/s1. The summed E-state index contributed by atoms with van der Waals surface area (Å²) in [6.07, 6.45) is 14.0. The molecular weight excluding hydrogens is 344 g/mol. The van der Waals surface area contributed by atoms with Crippen molar-refractivity contribution in [2.45, 2.75) is 105 Å². The van der Waals surface area contributed by atoms with Crippen molar-refractivity contribution in [3.05, 3.63) is 11.6 Å². The van der Waals surface area contributed by atoms with E-state index in [1.807, 2.05) is 0 Å². The number of ether oxygens (including phenoxy) is 1. The second-order valence-corrected chi connectivity index (χ2v) is 11.6. The molecule has 0 spiro atoms. The number of aliphatic hydroxyl groups excluding tert-OH is 1. The van der Waals surface area contributed by atoms with Gasteiger partial charge in [-0.1, -0.05) is 39.3 Å². The molecule has 0 aromatic carbocycles. The fourth-order valence-corrected chi connectivity index (χ4v) is 8.06. The summed E-state index contributed by atoms with van der Waals surface area (Å²) in [7, 11) is 0. The Morgan fingerprint density at radius 2 is 1.86 bits per heavy atom. The van der Waals surface area contributed by atoms with Gasteiger partial charge in [-0.25, -0.2) is 0 Å². The molecule has 2 heteroatoms. The van der Waals surface area contributed by atoms with Gasteiger partial charge < -0.3 is 9.84 Å². The molecule has 1 unspecified atom stereocenters. The Balaban J connectivity index is 1.49. The molecule has 8 atom stereocenters. The predicted octanol–water partition coefficient (Wildman–Crippen LogP) is 6.38. The van der Waals surface area contributed by atoms with Gasteiger partial charge in [0.2, 0.25) is 0 Å². The first kappa shape index (κ1) is 20.9. The van der Waals surface area contributed by atoms with Gasteiger partial charge in [0.05, 0.1) is 12.2 Å². The Morgan fingerprint density at radius 3 is 2.61 bits per heavy atom. The lowest BCUT2D eigenvalue weighted by molar-refractivity contribution is -0.0819. The van der Waals surface area contributed by atoms with Crippen LogP contribution in [0.15, 0.2) is 11.6 Å².